The minimum Gasteiger partial charge on any atom is -0.419 e. The molecule has 2 rings (SSSR count). The van der Waals surface area contributed by atoms with E-state index >= 15 is 0 Å². The Kier molecular flexibility index (Phi) is 3.69. The highest BCUT2D eigenvalue weighted by Gasteiger charge is 2.39. The summed E-state index contributed by atoms with van der Waals surface area (Å²) in [5, 5.41) is 0. The molecule has 0 radical (unpaired) electrons. The molecule has 4 nitrogen and oxygen atoms in total. The lowest BCUT2D eigenvalue weighted by Gasteiger charge is -2.29. The summed E-state index contributed by atoms with van der Waals surface area (Å²) in [7, 11) is 0. The van der Waals surface area contributed by atoms with Gasteiger partial charge in [0, 0.05) is 23.9 Å². The highest BCUT2D eigenvalue weighted by Crippen LogP contribution is 2.27. The van der Waals surface area contributed by atoms with Crippen LogP contribution in [-0.2, 0) is 19.1 Å². The van der Waals surface area contributed by atoms with Crippen molar-refractivity contribution in [3.63, 3.8) is 0 Å². The Bertz CT molecular complexity index is 612. The van der Waals surface area contributed by atoms with Gasteiger partial charge in [0.1, 0.15) is 11.4 Å². The van der Waals surface area contributed by atoms with Gasteiger partial charge in [-0.1, -0.05) is 22.0 Å². The van der Waals surface area contributed by atoms with E-state index in [2.05, 4.69) is 15.9 Å². The van der Waals surface area contributed by atoms with E-state index in [1.807, 2.05) is 0 Å². The second kappa shape index (κ2) is 5.01. The lowest BCUT2D eigenvalue weighted by Crippen LogP contribution is -2.41. The van der Waals surface area contributed by atoms with Crippen LogP contribution in [0.5, 0.6) is 0 Å². The molecule has 6 heteroatoms. The van der Waals surface area contributed by atoms with E-state index in [0.717, 1.165) is 6.08 Å². The minimum absolute atomic E-state index is 0.120. The van der Waals surface area contributed by atoms with Crippen LogP contribution in [0.15, 0.2) is 22.2 Å². The van der Waals surface area contributed by atoms with E-state index in [1.165, 1.54) is 19.9 Å². The molecule has 0 spiro atoms. The number of esters is 2. The second-order valence-electron chi connectivity index (χ2n) is 4.81. The third-order valence-electron chi connectivity index (χ3n) is 2.77. The number of halogens is 2. The molecule has 1 heterocycles. The molecule has 0 atom stereocenters. The van der Waals surface area contributed by atoms with Crippen LogP contribution in [0.1, 0.15) is 25.0 Å². The van der Waals surface area contributed by atoms with Crippen molar-refractivity contribution in [3.8, 4) is 0 Å². The van der Waals surface area contributed by atoms with Crippen LogP contribution in [0, 0.1) is 12.7 Å². The van der Waals surface area contributed by atoms with Crippen LogP contribution in [0.2, 0.25) is 0 Å². The normalized spacial score (nSPS) is 17.6. The topological polar surface area (TPSA) is 52.6 Å². The average molecular weight is 343 g/mol. The third kappa shape index (κ3) is 2.75. The summed E-state index contributed by atoms with van der Waals surface area (Å²) in [4.78, 5) is 23.5. The van der Waals surface area contributed by atoms with E-state index in [9.17, 15) is 14.0 Å². The SMILES string of the molecule is Cc1c(Br)ccc(C=C2C(=O)OC(C)(C)OC2=O)c1F. The quantitative estimate of drug-likeness (QED) is 0.447. The molecule has 0 aromatic heterocycles. The summed E-state index contributed by atoms with van der Waals surface area (Å²) in [6.45, 7) is 4.48. The van der Waals surface area contributed by atoms with Gasteiger partial charge in [0.2, 0.25) is 0 Å². The predicted octanol–water partition coefficient (Wildman–Crippen LogP) is 3.12. The molecule has 1 fully saturated rings. The Morgan fingerprint density at radius 2 is 1.75 bits per heavy atom. The van der Waals surface area contributed by atoms with Gasteiger partial charge in [0.15, 0.2) is 0 Å². The van der Waals surface area contributed by atoms with Gasteiger partial charge in [0.25, 0.3) is 5.79 Å². The Morgan fingerprint density at radius 3 is 2.30 bits per heavy atom. The maximum Gasteiger partial charge on any atom is 0.348 e. The van der Waals surface area contributed by atoms with Crippen LogP contribution in [0.3, 0.4) is 0 Å². The van der Waals surface area contributed by atoms with Crippen molar-refractivity contribution in [3.05, 3.63) is 39.1 Å². The number of benzene rings is 1. The van der Waals surface area contributed by atoms with Crippen LogP contribution in [-0.4, -0.2) is 17.7 Å². The maximum atomic E-state index is 14.0. The van der Waals surface area contributed by atoms with E-state index in [1.54, 1.807) is 13.0 Å². The maximum absolute atomic E-state index is 14.0. The van der Waals surface area contributed by atoms with Gasteiger partial charge in [-0.15, -0.1) is 0 Å². The second-order valence-corrected chi connectivity index (χ2v) is 5.67. The zero-order valence-electron chi connectivity index (χ0n) is 11.1. The van der Waals surface area contributed by atoms with Gasteiger partial charge in [0.05, 0.1) is 0 Å². The standard InChI is InChI=1S/C14H12BrFO4/c1-7-10(15)5-4-8(11(7)16)6-9-12(17)19-14(2,3)20-13(9)18/h4-6H,1-3H3. The van der Waals surface area contributed by atoms with Crippen molar-refractivity contribution in [2.45, 2.75) is 26.6 Å². The first-order valence-electron chi connectivity index (χ1n) is 5.84. The fraction of sp³-hybridized carbons (Fsp3) is 0.286. The first-order chi connectivity index (χ1) is 9.21. The molecule has 0 N–H and O–H groups in total. The third-order valence-corrected chi connectivity index (χ3v) is 3.63. The summed E-state index contributed by atoms with van der Waals surface area (Å²) in [5.74, 6) is -3.48. The molecule has 20 heavy (non-hydrogen) atoms. The van der Waals surface area contributed by atoms with E-state index < -0.39 is 23.5 Å². The number of hydrogen-bond donors (Lipinski definition) is 0. The Hall–Kier alpha value is -1.69. The lowest BCUT2D eigenvalue weighted by atomic mass is 10.1. The van der Waals surface area contributed by atoms with Crippen LogP contribution >= 0.6 is 15.9 Å². The van der Waals surface area contributed by atoms with Crippen molar-refractivity contribution < 1.29 is 23.5 Å². The first-order valence-corrected chi connectivity index (χ1v) is 6.63. The van der Waals surface area contributed by atoms with Gasteiger partial charge in [-0.2, -0.15) is 0 Å². The number of carbonyl (C=O) groups excluding carboxylic acids is 2. The summed E-state index contributed by atoms with van der Waals surface area (Å²) in [5.41, 5.74) is 0.177. The van der Waals surface area contributed by atoms with E-state index in [4.69, 9.17) is 9.47 Å². The van der Waals surface area contributed by atoms with Crippen LogP contribution in [0.4, 0.5) is 4.39 Å². The zero-order chi connectivity index (χ0) is 15.1. The van der Waals surface area contributed by atoms with E-state index in [-0.39, 0.29) is 11.1 Å². The van der Waals surface area contributed by atoms with E-state index in [0.29, 0.717) is 10.0 Å². The molecule has 0 bridgehead atoms. The molecule has 1 aromatic rings. The number of hydrogen-bond acceptors (Lipinski definition) is 4. The Balaban J connectivity index is 2.44. The van der Waals surface area contributed by atoms with Gasteiger partial charge < -0.3 is 9.47 Å². The molecule has 1 aliphatic rings. The van der Waals surface area contributed by atoms with Crippen LogP contribution < -0.4 is 0 Å². The molecule has 0 aliphatic carbocycles. The lowest BCUT2D eigenvalue weighted by molar-refractivity contribution is -0.222. The molecular formula is C14H12BrFO4. The summed E-state index contributed by atoms with van der Waals surface area (Å²) < 4.78 is 24.5. The smallest absolute Gasteiger partial charge is 0.348 e. The van der Waals surface area contributed by atoms with Crippen molar-refractivity contribution in [1.29, 1.82) is 0 Å². The fourth-order valence-electron chi connectivity index (χ4n) is 1.73. The van der Waals surface area contributed by atoms with Gasteiger partial charge >= 0.3 is 11.9 Å². The Labute approximate surface area is 123 Å². The molecule has 1 aliphatic heterocycles. The highest BCUT2D eigenvalue weighted by atomic mass is 79.9. The average Bonchev–Trinajstić information content (AvgIpc) is 2.32. The molecule has 0 unspecified atom stereocenters. The summed E-state index contributed by atoms with van der Waals surface area (Å²) >= 11 is 3.20. The molecule has 1 saturated heterocycles. The van der Waals surface area contributed by atoms with Gasteiger partial charge in [-0.25, -0.2) is 14.0 Å². The van der Waals surface area contributed by atoms with Crippen molar-refractivity contribution in [2.75, 3.05) is 0 Å². The molecule has 0 saturated carbocycles. The van der Waals surface area contributed by atoms with Crippen LogP contribution in [0.25, 0.3) is 6.08 Å². The minimum atomic E-state index is -1.31. The number of carbonyl (C=O) groups is 2. The summed E-state index contributed by atoms with van der Waals surface area (Å²) in [6.07, 6.45) is 1.13. The molecule has 106 valence electrons. The predicted molar refractivity (Wildman–Crippen MR) is 73.1 cm³/mol. The summed E-state index contributed by atoms with van der Waals surface area (Å²) in [6, 6.07) is 3.09. The molecule has 1 aromatic carbocycles. The van der Waals surface area contributed by atoms with Crippen molar-refractivity contribution in [1.82, 2.24) is 0 Å². The first kappa shape index (κ1) is 14.7. The zero-order valence-corrected chi connectivity index (χ0v) is 12.7. The number of cyclic esters (lactones) is 2. The largest absolute Gasteiger partial charge is 0.419 e. The highest BCUT2D eigenvalue weighted by molar-refractivity contribution is 9.10. The number of rotatable bonds is 1. The van der Waals surface area contributed by atoms with Gasteiger partial charge in [-0.05, 0) is 24.6 Å². The van der Waals surface area contributed by atoms with Crippen molar-refractivity contribution in [2.24, 2.45) is 0 Å². The van der Waals surface area contributed by atoms with Crippen molar-refractivity contribution >= 4 is 33.9 Å². The monoisotopic (exact) mass is 342 g/mol. The van der Waals surface area contributed by atoms with Gasteiger partial charge in [-0.3, -0.25) is 0 Å². The molecular weight excluding hydrogens is 331 g/mol. The molecule has 0 amide bonds. The number of ether oxygens (including phenoxy) is 2. The Morgan fingerprint density at radius 1 is 1.20 bits per heavy atom. The fourth-order valence-corrected chi connectivity index (χ4v) is 2.03.